The van der Waals surface area contributed by atoms with Gasteiger partial charge in [0.1, 0.15) is 11.4 Å². The summed E-state index contributed by atoms with van der Waals surface area (Å²) in [5, 5.41) is 2.48. The number of halogens is 3. The van der Waals surface area contributed by atoms with Gasteiger partial charge in [-0.25, -0.2) is 9.18 Å². The molecule has 0 saturated heterocycles. The maximum Gasteiger partial charge on any atom is 0.408 e. The van der Waals surface area contributed by atoms with Crippen LogP contribution in [0.1, 0.15) is 64.1 Å². The molecule has 0 aliphatic heterocycles. The first-order valence-corrected chi connectivity index (χ1v) is 9.18. The van der Waals surface area contributed by atoms with Gasteiger partial charge in [0.2, 0.25) is 0 Å². The Labute approximate surface area is 162 Å². The van der Waals surface area contributed by atoms with Crippen molar-refractivity contribution in [3.05, 3.63) is 35.1 Å². The van der Waals surface area contributed by atoms with E-state index < -0.39 is 40.8 Å². The molecule has 1 aliphatic carbocycles. The molecular formula is C21H24F3NO3. The van der Waals surface area contributed by atoms with Crippen LogP contribution in [0.25, 0.3) is 0 Å². The van der Waals surface area contributed by atoms with Crippen LogP contribution in [0.3, 0.4) is 0 Å². The number of rotatable bonds is 5. The summed E-state index contributed by atoms with van der Waals surface area (Å²) < 4.78 is 49.0. The Morgan fingerprint density at radius 1 is 1.29 bits per heavy atom. The number of Topliss-reactive ketones (excluding diaryl/α,β-unsaturated/α-hetero) is 1. The average molecular weight is 395 g/mol. The number of carbonyl (C=O) groups is 2. The monoisotopic (exact) mass is 395 g/mol. The minimum Gasteiger partial charge on any atom is -0.444 e. The van der Waals surface area contributed by atoms with Crippen LogP contribution in [0.15, 0.2) is 18.2 Å². The lowest BCUT2D eigenvalue weighted by molar-refractivity contribution is -0.138. The van der Waals surface area contributed by atoms with Crippen LogP contribution in [0.5, 0.6) is 0 Å². The van der Waals surface area contributed by atoms with E-state index in [2.05, 4.69) is 11.2 Å². The minimum absolute atomic E-state index is 0.0292. The fraction of sp³-hybridized carbons (Fsp3) is 0.524. The molecule has 7 heteroatoms. The molecule has 1 aromatic rings. The molecule has 152 valence electrons. The van der Waals surface area contributed by atoms with Crippen molar-refractivity contribution in [3.8, 4) is 11.8 Å². The number of nitrogens with one attached hydrogen (secondary N) is 1. The van der Waals surface area contributed by atoms with Crippen molar-refractivity contribution in [3.63, 3.8) is 0 Å². The number of hydrogen-bond acceptors (Lipinski definition) is 3. The highest BCUT2D eigenvalue weighted by molar-refractivity contribution is 6.01. The number of hydrogen-bond donors (Lipinski definition) is 1. The zero-order chi connectivity index (χ0) is 21.1. The standard InChI is InChI=1S/C21H24F3NO3/c1-5-16(25-19(27)28-20(2,3)4)14-7-6-8-15(18(14)22)21(23,24)17(26)12-11-13-9-10-13/h6-8,13,16H,5,9-10H2,1-4H3,(H,25,27)/t16-/m1/s1. The molecule has 0 spiro atoms. The summed E-state index contributed by atoms with van der Waals surface area (Å²) in [6.45, 7) is 6.68. The van der Waals surface area contributed by atoms with E-state index in [4.69, 9.17) is 4.74 Å². The van der Waals surface area contributed by atoms with Crippen molar-refractivity contribution < 1.29 is 27.5 Å². The van der Waals surface area contributed by atoms with Gasteiger partial charge in [-0.15, -0.1) is 0 Å². The zero-order valence-electron chi connectivity index (χ0n) is 16.4. The average Bonchev–Trinajstić information content (AvgIpc) is 3.40. The summed E-state index contributed by atoms with van der Waals surface area (Å²) in [6.07, 6.45) is 1.01. The molecule has 0 radical (unpaired) electrons. The van der Waals surface area contributed by atoms with Crippen molar-refractivity contribution >= 4 is 11.9 Å². The van der Waals surface area contributed by atoms with Crippen molar-refractivity contribution in [2.75, 3.05) is 0 Å². The van der Waals surface area contributed by atoms with Crippen molar-refractivity contribution in [2.24, 2.45) is 5.92 Å². The van der Waals surface area contributed by atoms with Gasteiger partial charge in [-0.2, -0.15) is 8.78 Å². The molecule has 1 amide bonds. The van der Waals surface area contributed by atoms with E-state index in [0.29, 0.717) is 0 Å². The number of carbonyl (C=O) groups excluding carboxylic acids is 2. The van der Waals surface area contributed by atoms with E-state index in [-0.39, 0.29) is 17.9 Å². The van der Waals surface area contributed by atoms with Crippen molar-refractivity contribution in [1.82, 2.24) is 5.32 Å². The van der Waals surface area contributed by atoms with Crippen LogP contribution in [0.2, 0.25) is 0 Å². The second-order valence-electron chi connectivity index (χ2n) is 7.76. The second-order valence-corrected chi connectivity index (χ2v) is 7.76. The lowest BCUT2D eigenvalue weighted by Gasteiger charge is -2.24. The van der Waals surface area contributed by atoms with Gasteiger partial charge < -0.3 is 10.1 Å². The Hall–Kier alpha value is -2.49. The Kier molecular flexibility index (Phi) is 6.43. The Bertz CT molecular complexity index is 814. The lowest BCUT2D eigenvalue weighted by Crippen LogP contribution is -2.35. The summed E-state index contributed by atoms with van der Waals surface area (Å²) in [5.74, 6) is -2.57. The van der Waals surface area contributed by atoms with Gasteiger partial charge >= 0.3 is 12.0 Å². The molecule has 1 aromatic carbocycles. The van der Waals surface area contributed by atoms with E-state index in [1.165, 1.54) is 12.1 Å². The van der Waals surface area contributed by atoms with Gasteiger partial charge in [0.25, 0.3) is 5.78 Å². The highest BCUT2D eigenvalue weighted by Gasteiger charge is 2.43. The molecular weight excluding hydrogens is 371 g/mol. The predicted molar refractivity (Wildman–Crippen MR) is 98.2 cm³/mol. The Morgan fingerprint density at radius 2 is 1.93 bits per heavy atom. The summed E-state index contributed by atoms with van der Waals surface area (Å²) in [4.78, 5) is 23.8. The van der Waals surface area contributed by atoms with E-state index in [1.807, 2.05) is 5.92 Å². The van der Waals surface area contributed by atoms with E-state index in [9.17, 15) is 22.8 Å². The van der Waals surface area contributed by atoms with Gasteiger partial charge in [-0.3, -0.25) is 4.79 Å². The van der Waals surface area contributed by atoms with Gasteiger partial charge in [-0.1, -0.05) is 25.0 Å². The van der Waals surface area contributed by atoms with Gasteiger partial charge in [0.15, 0.2) is 0 Å². The molecule has 28 heavy (non-hydrogen) atoms. The zero-order valence-corrected chi connectivity index (χ0v) is 16.4. The Balaban J connectivity index is 2.28. The predicted octanol–water partition coefficient (Wildman–Crippen LogP) is 4.88. The molecule has 2 rings (SSSR count). The summed E-state index contributed by atoms with van der Waals surface area (Å²) >= 11 is 0. The maximum absolute atomic E-state index is 14.9. The largest absolute Gasteiger partial charge is 0.444 e. The molecule has 0 unspecified atom stereocenters. The Morgan fingerprint density at radius 3 is 2.46 bits per heavy atom. The molecule has 4 nitrogen and oxygen atoms in total. The lowest BCUT2D eigenvalue weighted by atomic mass is 9.96. The van der Waals surface area contributed by atoms with Crippen LogP contribution < -0.4 is 5.32 Å². The molecule has 1 atom stereocenters. The first-order chi connectivity index (χ1) is 13.0. The number of alkyl carbamates (subject to hydrolysis) is 1. The van der Waals surface area contributed by atoms with Crippen LogP contribution in [0.4, 0.5) is 18.0 Å². The van der Waals surface area contributed by atoms with Gasteiger partial charge in [0.05, 0.1) is 11.6 Å². The fourth-order valence-electron chi connectivity index (χ4n) is 2.51. The summed E-state index contributed by atoms with van der Waals surface area (Å²) in [5.41, 5.74) is -1.96. The summed E-state index contributed by atoms with van der Waals surface area (Å²) in [7, 11) is 0. The van der Waals surface area contributed by atoms with Crippen LogP contribution in [-0.2, 0) is 15.5 Å². The SMILES string of the molecule is CC[C@@H](NC(=O)OC(C)(C)C)c1cccc(C(F)(F)C(=O)C#CC2CC2)c1F. The molecule has 1 saturated carbocycles. The normalized spacial score (nSPS) is 15.2. The van der Waals surface area contributed by atoms with Crippen LogP contribution in [-0.4, -0.2) is 17.5 Å². The maximum atomic E-state index is 14.9. The minimum atomic E-state index is -4.08. The molecule has 0 aromatic heterocycles. The quantitative estimate of drug-likeness (QED) is 0.571. The molecule has 0 bridgehead atoms. The molecule has 1 aliphatic rings. The van der Waals surface area contributed by atoms with E-state index in [1.54, 1.807) is 27.7 Å². The van der Waals surface area contributed by atoms with E-state index >= 15 is 0 Å². The third-order valence-electron chi connectivity index (χ3n) is 4.09. The second kappa shape index (κ2) is 8.26. The molecule has 0 heterocycles. The summed E-state index contributed by atoms with van der Waals surface area (Å²) in [6, 6.07) is 2.48. The first kappa shape index (κ1) is 21.8. The van der Waals surface area contributed by atoms with Crippen molar-refractivity contribution in [1.29, 1.82) is 0 Å². The number of amides is 1. The van der Waals surface area contributed by atoms with Crippen LogP contribution in [0, 0.1) is 23.6 Å². The fourth-order valence-corrected chi connectivity index (χ4v) is 2.51. The third-order valence-corrected chi connectivity index (χ3v) is 4.09. The smallest absolute Gasteiger partial charge is 0.408 e. The molecule has 1 N–H and O–H groups in total. The number of ketones is 1. The van der Waals surface area contributed by atoms with Crippen molar-refractivity contribution in [2.45, 2.75) is 64.5 Å². The number of ether oxygens (including phenoxy) is 1. The molecule has 1 fully saturated rings. The van der Waals surface area contributed by atoms with Gasteiger partial charge in [-0.05, 0) is 52.0 Å². The van der Waals surface area contributed by atoms with Crippen LogP contribution >= 0.6 is 0 Å². The first-order valence-electron chi connectivity index (χ1n) is 9.18. The third kappa shape index (κ3) is 5.51. The topological polar surface area (TPSA) is 55.4 Å². The number of benzene rings is 1. The highest BCUT2D eigenvalue weighted by atomic mass is 19.3. The highest BCUT2D eigenvalue weighted by Crippen LogP contribution is 2.35. The van der Waals surface area contributed by atoms with Gasteiger partial charge in [0, 0.05) is 11.5 Å². The van der Waals surface area contributed by atoms with E-state index in [0.717, 1.165) is 18.9 Å². The number of alkyl halides is 2.